The third-order valence-electron chi connectivity index (χ3n) is 5.06. The normalized spacial score (nSPS) is 20.3. The molecule has 0 unspecified atom stereocenters. The zero-order valence-electron chi connectivity index (χ0n) is 14.7. The molecule has 0 aromatic carbocycles. The summed E-state index contributed by atoms with van der Waals surface area (Å²) in [5, 5.41) is 10.7. The van der Waals surface area contributed by atoms with Crippen molar-refractivity contribution in [2.24, 2.45) is 13.0 Å². The molecular weight excluding hydrogens is 316 g/mol. The molecule has 7 nitrogen and oxygen atoms in total. The number of aromatic nitrogens is 4. The molecule has 0 aliphatic carbocycles. The maximum atomic E-state index is 12.9. The van der Waals surface area contributed by atoms with E-state index in [0.717, 1.165) is 34.8 Å². The first-order chi connectivity index (χ1) is 12.0. The lowest BCUT2D eigenvalue weighted by atomic mass is 9.88. The Hall–Kier alpha value is -2.67. The van der Waals surface area contributed by atoms with E-state index < -0.39 is 0 Å². The molecule has 0 bridgehead atoms. The summed E-state index contributed by atoms with van der Waals surface area (Å²) in [6, 6.07) is 3.81. The summed E-state index contributed by atoms with van der Waals surface area (Å²) < 4.78 is 3.79. The van der Waals surface area contributed by atoms with Gasteiger partial charge >= 0.3 is 0 Å². The van der Waals surface area contributed by atoms with Crippen molar-refractivity contribution in [1.29, 1.82) is 0 Å². The summed E-state index contributed by atoms with van der Waals surface area (Å²) in [4.78, 5) is 17.3. The van der Waals surface area contributed by atoms with Gasteiger partial charge < -0.3 is 15.0 Å². The van der Waals surface area contributed by atoms with E-state index in [-0.39, 0.29) is 17.7 Å². The van der Waals surface area contributed by atoms with Gasteiger partial charge in [-0.05, 0) is 31.5 Å². The van der Waals surface area contributed by atoms with Gasteiger partial charge in [0.2, 0.25) is 5.91 Å². The molecule has 1 saturated heterocycles. The summed E-state index contributed by atoms with van der Waals surface area (Å²) in [5.74, 6) is 0.0745. The molecule has 0 saturated carbocycles. The van der Waals surface area contributed by atoms with Crippen LogP contribution in [0.1, 0.15) is 22.9 Å². The number of amides is 1. The number of nitrogens with zero attached hydrogens (tertiary/aromatic N) is 4. The molecular formula is C18H22N6O. The lowest BCUT2D eigenvalue weighted by molar-refractivity contribution is -0.119. The summed E-state index contributed by atoms with van der Waals surface area (Å²) in [6.45, 7) is 5.48. The van der Waals surface area contributed by atoms with Gasteiger partial charge in [0.25, 0.3) is 0 Å². The number of pyridine rings is 1. The Labute approximate surface area is 146 Å². The van der Waals surface area contributed by atoms with Crippen molar-refractivity contribution >= 4 is 17.2 Å². The monoisotopic (exact) mass is 338 g/mol. The first-order valence-electron chi connectivity index (χ1n) is 8.48. The second-order valence-corrected chi connectivity index (χ2v) is 6.73. The number of hydrogen-bond donors (Lipinski definition) is 2. The standard InChI is InChI=1S/C18H22N6O/c1-11-9-24-10-13(4-5-17(24)21-11)22-18(25)16-7-19-6-15(16)14-8-20-23(3)12(14)2/h4-5,8-10,15-16,19H,6-7H2,1-3H3,(H,22,25)/t15-,16+/m1/s1. The van der Waals surface area contributed by atoms with Gasteiger partial charge in [0.1, 0.15) is 5.65 Å². The fraction of sp³-hybridized carbons (Fsp3) is 0.389. The fourth-order valence-corrected chi connectivity index (χ4v) is 3.59. The van der Waals surface area contributed by atoms with Gasteiger partial charge in [0.05, 0.1) is 23.5 Å². The molecule has 2 atom stereocenters. The van der Waals surface area contributed by atoms with Crippen LogP contribution < -0.4 is 10.6 Å². The van der Waals surface area contributed by atoms with E-state index in [9.17, 15) is 4.79 Å². The van der Waals surface area contributed by atoms with Gasteiger partial charge in [-0.2, -0.15) is 5.10 Å². The van der Waals surface area contributed by atoms with Crippen LogP contribution >= 0.6 is 0 Å². The quantitative estimate of drug-likeness (QED) is 0.761. The lowest BCUT2D eigenvalue weighted by Crippen LogP contribution is -2.28. The maximum Gasteiger partial charge on any atom is 0.229 e. The average Bonchev–Trinajstić information content (AvgIpc) is 3.26. The highest BCUT2D eigenvalue weighted by molar-refractivity contribution is 5.93. The number of aryl methyl sites for hydroxylation is 2. The number of carbonyl (C=O) groups excluding carboxylic acids is 1. The molecule has 7 heteroatoms. The topological polar surface area (TPSA) is 76.2 Å². The highest BCUT2D eigenvalue weighted by Crippen LogP contribution is 2.31. The molecule has 1 aliphatic rings. The first-order valence-corrected chi connectivity index (χ1v) is 8.48. The summed E-state index contributed by atoms with van der Waals surface area (Å²) >= 11 is 0. The second-order valence-electron chi connectivity index (χ2n) is 6.73. The van der Waals surface area contributed by atoms with E-state index in [0.29, 0.717) is 6.54 Å². The average molecular weight is 338 g/mol. The highest BCUT2D eigenvalue weighted by Gasteiger charge is 2.35. The fourth-order valence-electron chi connectivity index (χ4n) is 3.59. The predicted octanol–water partition coefficient (Wildman–Crippen LogP) is 1.63. The van der Waals surface area contributed by atoms with Gasteiger partial charge in [-0.1, -0.05) is 0 Å². The number of fused-ring (bicyclic) bond motifs is 1. The van der Waals surface area contributed by atoms with Crippen LogP contribution in [0.5, 0.6) is 0 Å². The molecule has 4 heterocycles. The van der Waals surface area contributed by atoms with E-state index >= 15 is 0 Å². The van der Waals surface area contributed by atoms with Crippen molar-refractivity contribution < 1.29 is 4.79 Å². The second kappa shape index (κ2) is 6.00. The molecule has 1 fully saturated rings. The Bertz CT molecular complexity index is 940. The van der Waals surface area contributed by atoms with Gasteiger partial charge in [0, 0.05) is 44.1 Å². The molecule has 1 aliphatic heterocycles. The van der Waals surface area contributed by atoms with Crippen LogP contribution in [0, 0.1) is 19.8 Å². The van der Waals surface area contributed by atoms with Gasteiger partial charge in [-0.15, -0.1) is 0 Å². The molecule has 2 N–H and O–H groups in total. The zero-order valence-corrected chi connectivity index (χ0v) is 14.7. The van der Waals surface area contributed by atoms with Crippen LogP contribution in [-0.2, 0) is 11.8 Å². The molecule has 1 amide bonds. The van der Waals surface area contributed by atoms with E-state index in [4.69, 9.17) is 0 Å². The van der Waals surface area contributed by atoms with Crippen LogP contribution in [0.15, 0.2) is 30.7 Å². The van der Waals surface area contributed by atoms with Crippen molar-refractivity contribution in [3.8, 4) is 0 Å². The molecule has 130 valence electrons. The minimum Gasteiger partial charge on any atom is -0.324 e. The summed E-state index contributed by atoms with van der Waals surface area (Å²) in [7, 11) is 1.93. The van der Waals surface area contributed by atoms with Crippen molar-refractivity contribution in [2.75, 3.05) is 18.4 Å². The Kier molecular flexibility index (Phi) is 3.80. The van der Waals surface area contributed by atoms with Crippen LogP contribution in [0.4, 0.5) is 5.69 Å². The van der Waals surface area contributed by atoms with E-state index in [1.165, 1.54) is 0 Å². The Morgan fingerprint density at radius 1 is 1.28 bits per heavy atom. The van der Waals surface area contributed by atoms with Gasteiger partial charge in [0.15, 0.2) is 0 Å². The predicted molar refractivity (Wildman–Crippen MR) is 95.6 cm³/mol. The number of hydrogen-bond acceptors (Lipinski definition) is 4. The minimum atomic E-state index is -0.108. The number of rotatable bonds is 3. The van der Waals surface area contributed by atoms with Crippen LogP contribution in [-0.4, -0.2) is 38.2 Å². The SMILES string of the molecule is Cc1cn2cc(NC(=O)[C@H]3CNC[C@@H]3c3cnn(C)c3C)ccc2n1. The number of anilines is 1. The Morgan fingerprint density at radius 2 is 2.12 bits per heavy atom. The van der Waals surface area contributed by atoms with E-state index in [2.05, 4.69) is 20.7 Å². The molecule has 4 rings (SSSR count). The van der Waals surface area contributed by atoms with E-state index in [1.807, 2.05) is 60.7 Å². The van der Waals surface area contributed by atoms with E-state index in [1.54, 1.807) is 0 Å². The third-order valence-corrected chi connectivity index (χ3v) is 5.06. The molecule has 3 aromatic rings. The number of nitrogens with one attached hydrogen (secondary N) is 2. The van der Waals surface area contributed by atoms with Crippen LogP contribution in [0.25, 0.3) is 5.65 Å². The smallest absolute Gasteiger partial charge is 0.229 e. The maximum absolute atomic E-state index is 12.9. The Morgan fingerprint density at radius 3 is 2.88 bits per heavy atom. The van der Waals surface area contributed by atoms with Gasteiger partial charge in [-0.25, -0.2) is 4.98 Å². The third kappa shape index (κ3) is 2.80. The molecule has 3 aromatic heterocycles. The largest absolute Gasteiger partial charge is 0.324 e. The molecule has 0 radical (unpaired) electrons. The van der Waals surface area contributed by atoms with Crippen LogP contribution in [0.3, 0.4) is 0 Å². The van der Waals surface area contributed by atoms with Crippen molar-refractivity contribution in [3.05, 3.63) is 47.7 Å². The van der Waals surface area contributed by atoms with Crippen LogP contribution in [0.2, 0.25) is 0 Å². The van der Waals surface area contributed by atoms with Crippen molar-refractivity contribution in [1.82, 2.24) is 24.5 Å². The molecule has 25 heavy (non-hydrogen) atoms. The van der Waals surface area contributed by atoms with Crippen molar-refractivity contribution in [3.63, 3.8) is 0 Å². The summed E-state index contributed by atoms with van der Waals surface area (Å²) in [5.41, 5.74) is 4.87. The molecule has 0 spiro atoms. The van der Waals surface area contributed by atoms with Crippen molar-refractivity contribution in [2.45, 2.75) is 19.8 Å². The number of carbonyl (C=O) groups is 1. The minimum absolute atomic E-state index is 0.0365. The zero-order chi connectivity index (χ0) is 17.6. The first kappa shape index (κ1) is 15.8. The lowest BCUT2D eigenvalue weighted by Gasteiger charge is -2.18. The summed E-state index contributed by atoms with van der Waals surface area (Å²) in [6.07, 6.45) is 5.73. The number of imidazole rings is 1. The highest BCUT2D eigenvalue weighted by atomic mass is 16.2. The Balaban J connectivity index is 1.55. The van der Waals surface area contributed by atoms with Gasteiger partial charge in [-0.3, -0.25) is 9.48 Å².